The highest BCUT2D eigenvalue weighted by Gasteiger charge is 2.35. The summed E-state index contributed by atoms with van der Waals surface area (Å²) in [6.45, 7) is 1.14. The lowest BCUT2D eigenvalue weighted by atomic mass is 9.95. The van der Waals surface area contributed by atoms with Gasteiger partial charge in [0.05, 0.1) is 15.6 Å². The molecule has 1 aliphatic carbocycles. The first kappa shape index (κ1) is 31.8. The Labute approximate surface area is 256 Å². The van der Waals surface area contributed by atoms with Gasteiger partial charge in [-0.1, -0.05) is 79.7 Å². The van der Waals surface area contributed by atoms with E-state index in [1.165, 1.54) is 59.5 Å². The second-order valence-electron chi connectivity index (χ2n) is 10.3. The van der Waals surface area contributed by atoms with Crippen LogP contribution >= 0.6 is 23.2 Å². The zero-order chi connectivity index (χ0) is 30.3. The molecule has 1 fully saturated rings. The van der Waals surface area contributed by atoms with E-state index in [1.807, 2.05) is 0 Å². The van der Waals surface area contributed by atoms with Gasteiger partial charge in [0, 0.05) is 17.6 Å². The van der Waals surface area contributed by atoms with Crippen molar-refractivity contribution in [2.45, 2.75) is 69.0 Å². The third-order valence-corrected chi connectivity index (χ3v) is 9.70. The smallest absolute Gasteiger partial charge is 0.264 e. The SMILES string of the molecule is CC[C@H](C(=O)NC1CCCCC1)N(Cc1ccc(F)cc1)C(=O)CN(c1ccc(Cl)cc1Cl)S(=O)(=O)c1ccccc1. The highest BCUT2D eigenvalue weighted by atomic mass is 35.5. The number of hydrogen-bond acceptors (Lipinski definition) is 4. The third kappa shape index (κ3) is 7.82. The van der Waals surface area contributed by atoms with E-state index in [2.05, 4.69) is 5.32 Å². The molecular weight excluding hydrogens is 600 g/mol. The average molecular weight is 635 g/mol. The molecule has 0 heterocycles. The van der Waals surface area contributed by atoms with Gasteiger partial charge in [-0.15, -0.1) is 0 Å². The van der Waals surface area contributed by atoms with Crippen molar-refractivity contribution in [3.05, 3.63) is 94.2 Å². The average Bonchev–Trinajstić information content (AvgIpc) is 2.98. The predicted octanol–water partition coefficient (Wildman–Crippen LogP) is 6.58. The van der Waals surface area contributed by atoms with Crippen molar-refractivity contribution in [1.29, 1.82) is 0 Å². The molecule has 0 bridgehead atoms. The van der Waals surface area contributed by atoms with Crippen molar-refractivity contribution in [2.75, 3.05) is 10.8 Å². The molecule has 42 heavy (non-hydrogen) atoms. The lowest BCUT2D eigenvalue weighted by Crippen LogP contribution is -2.54. The summed E-state index contributed by atoms with van der Waals surface area (Å²) in [5.41, 5.74) is 0.662. The Morgan fingerprint density at radius 2 is 1.64 bits per heavy atom. The first-order valence-corrected chi connectivity index (χ1v) is 16.2. The Morgan fingerprint density at radius 1 is 0.976 bits per heavy atom. The van der Waals surface area contributed by atoms with Crippen LogP contribution in [-0.4, -0.2) is 43.8 Å². The molecule has 1 saturated carbocycles. The van der Waals surface area contributed by atoms with Gasteiger partial charge in [-0.05, 0) is 67.3 Å². The molecular formula is C31H34Cl2FN3O4S. The molecule has 224 valence electrons. The van der Waals surface area contributed by atoms with Crippen LogP contribution in [-0.2, 0) is 26.2 Å². The number of carbonyl (C=O) groups excluding carboxylic acids is 2. The maximum atomic E-state index is 14.1. The zero-order valence-electron chi connectivity index (χ0n) is 23.3. The van der Waals surface area contributed by atoms with E-state index >= 15 is 0 Å². The Kier molecular flexibility index (Phi) is 10.9. The van der Waals surface area contributed by atoms with Gasteiger partial charge < -0.3 is 10.2 Å². The summed E-state index contributed by atoms with van der Waals surface area (Å²) < 4.78 is 42.4. The second kappa shape index (κ2) is 14.4. The van der Waals surface area contributed by atoms with E-state index in [0.717, 1.165) is 36.4 Å². The van der Waals surface area contributed by atoms with Crippen molar-refractivity contribution in [1.82, 2.24) is 10.2 Å². The van der Waals surface area contributed by atoms with Crippen molar-refractivity contribution in [2.24, 2.45) is 0 Å². The third-order valence-electron chi connectivity index (χ3n) is 7.39. The monoisotopic (exact) mass is 633 g/mol. The first-order chi connectivity index (χ1) is 20.1. The van der Waals surface area contributed by atoms with Crippen LogP contribution in [0.15, 0.2) is 77.7 Å². The number of rotatable bonds is 11. The van der Waals surface area contributed by atoms with Crippen molar-refractivity contribution in [3.63, 3.8) is 0 Å². The van der Waals surface area contributed by atoms with Crippen LogP contribution in [0.5, 0.6) is 0 Å². The quantitative estimate of drug-likeness (QED) is 0.258. The van der Waals surface area contributed by atoms with Crippen LogP contribution in [0.1, 0.15) is 51.0 Å². The molecule has 0 saturated heterocycles. The summed E-state index contributed by atoms with van der Waals surface area (Å²) >= 11 is 12.5. The molecule has 2 amide bonds. The first-order valence-electron chi connectivity index (χ1n) is 14.0. The Bertz CT molecular complexity index is 1480. The second-order valence-corrected chi connectivity index (χ2v) is 13.0. The number of amides is 2. The fraction of sp³-hybridized carbons (Fsp3) is 0.355. The van der Waals surface area contributed by atoms with E-state index < -0.39 is 34.3 Å². The van der Waals surface area contributed by atoms with Gasteiger partial charge in [0.25, 0.3) is 10.0 Å². The van der Waals surface area contributed by atoms with Crippen LogP contribution in [0.25, 0.3) is 0 Å². The molecule has 0 aliphatic heterocycles. The van der Waals surface area contributed by atoms with E-state index in [9.17, 15) is 22.4 Å². The minimum Gasteiger partial charge on any atom is -0.352 e. The van der Waals surface area contributed by atoms with Crippen LogP contribution in [0.4, 0.5) is 10.1 Å². The molecule has 3 aromatic rings. The van der Waals surface area contributed by atoms with E-state index in [1.54, 1.807) is 25.1 Å². The maximum absolute atomic E-state index is 14.1. The summed E-state index contributed by atoms with van der Waals surface area (Å²) in [5, 5.41) is 3.44. The van der Waals surface area contributed by atoms with Gasteiger partial charge in [-0.2, -0.15) is 0 Å². The van der Waals surface area contributed by atoms with Gasteiger partial charge in [-0.25, -0.2) is 12.8 Å². The van der Waals surface area contributed by atoms with Crippen LogP contribution in [0, 0.1) is 5.82 Å². The molecule has 1 atom stereocenters. The summed E-state index contributed by atoms with van der Waals surface area (Å²) in [6.07, 6.45) is 5.19. The molecule has 0 radical (unpaired) electrons. The normalized spacial score (nSPS) is 14.7. The molecule has 4 rings (SSSR count). The molecule has 1 N–H and O–H groups in total. The Balaban J connectivity index is 1.72. The van der Waals surface area contributed by atoms with E-state index in [-0.39, 0.29) is 34.1 Å². The molecule has 11 heteroatoms. The van der Waals surface area contributed by atoms with Gasteiger partial charge >= 0.3 is 0 Å². The fourth-order valence-electron chi connectivity index (χ4n) is 5.17. The molecule has 3 aromatic carbocycles. The Hall–Kier alpha value is -3.14. The van der Waals surface area contributed by atoms with Crippen LogP contribution in [0.2, 0.25) is 10.0 Å². The van der Waals surface area contributed by atoms with Crippen molar-refractivity contribution in [3.8, 4) is 0 Å². The van der Waals surface area contributed by atoms with Crippen LogP contribution in [0.3, 0.4) is 0 Å². The van der Waals surface area contributed by atoms with Crippen LogP contribution < -0.4 is 9.62 Å². The molecule has 1 aliphatic rings. The number of nitrogens with zero attached hydrogens (tertiary/aromatic N) is 2. The largest absolute Gasteiger partial charge is 0.352 e. The number of anilines is 1. The lowest BCUT2D eigenvalue weighted by molar-refractivity contribution is -0.140. The van der Waals surface area contributed by atoms with Gasteiger partial charge in [-0.3, -0.25) is 13.9 Å². The van der Waals surface area contributed by atoms with Gasteiger partial charge in [0.2, 0.25) is 11.8 Å². The number of nitrogens with one attached hydrogen (secondary N) is 1. The number of hydrogen-bond donors (Lipinski definition) is 1. The fourth-order valence-corrected chi connectivity index (χ4v) is 7.18. The summed E-state index contributed by atoms with van der Waals surface area (Å²) in [4.78, 5) is 29.0. The highest BCUT2D eigenvalue weighted by molar-refractivity contribution is 7.92. The zero-order valence-corrected chi connectivity index (χ0v) is 25.6. The highest BCUT2D eigenvalue weighted by Crippen LogP contribution is 2.33. The standard InChI is InChI=1S/C31H34Cl2FN3O4S/c1-2-28(31(39)35-25-9-5-3-6-10-25)36(20-22-13-16-24(34)17-14-22)30(38)21-37(29-18-15-23(32)19-27(29)33)42(40,41)26-11-7-4-8-12-26/h4,7-8,11-19,25,28H,2-3,5-6,9-10,20-21H2,1H3,(H,35,39)/t28-/m1/s1. The lowest BCUT2D eigenvalue weighted by Gasteiger charge is -2.34. The van der Waals surface area contributed by atoms with Crippen molar-refractivity contribution >= 4 is 50.7 Å². The topological polar surface area (TPSA) is 86.8 Å². The number of halogens is 3. The number of benzene rings is 3. The van der Waals surface area contributed by atoms with Crippen molar-refractivity contribution < 1.29 is 22.4 Å². The van der Waals surface area contributed by atoms with E-state index in [4.69, 9.17) is 23.2 Å². The van der Waals surface area contributed by atoms with Gasteiger partial charge in [0.15, 0.2) is 0 Å². The minimum atomic E-state index is -4.26. The maximum Gasteiger partial charge on any atom is 0.264 e. The molecule has 0 spiro atoms. The number of carbonyl (C=O) groups is 2. The molecule has 7 nitrogen and oxygen atoms in total. The summed E-state index contributed by atoms with van der Waals surface area (Å²) in [6, 6.07) is 16.8. The molecule has 0 unspecified atom stereocenters. The minimum absolute atomic E-state index is 0.0194. The summed E-state index contributed by atoms with van der Waals surface area (Å²) in [7, 11) is -4.26. The van der Waals surface area contributed by atoms with E-state index in [0.29, 0.717) is 17.0 Å². The predicted molar refractivity (Wildman–Crippen MR) is 163 cm³/mol. The Morgan fingerprint density at radius 3 is 2.26 bits per heavy atom. The van der Waals surface area contributed by atoms with Gasteiger partial charge in [0.1, 0.15) is 18.4 Å². The summed E-state index contributed by atoms with van der Waals surface area (Å²) in [5.74, 6) is -1.35. The molecule has 0 aromatic heterocycles. The number of sulfonamides is 1.